The number of benzene rings is 2. The fourth-order valence-corrected chi connectivity index (χ4v) is 2.88. The molecule has 0 unspecified atom stereocenters. The molecule has 4 heteroatoms. The summed E-state index contributed by atoms with van der Waals surface area (Å²) in [6, 6.07) is 12.1. The molecule has 1 heterocycles. The van der Waals surface area contributed by atoms with Crippen molar-refractivity contribution in [2.24, 2.45) is 0 Å². The molecule has 0 aliphatic carbocycles. The van der Waals surface area contributed by atoms with Crippen molar-refractivity contribution in [1.82, 2.24) is 0 Å². The summed E-state index contributed by atoms with van der Waals surface area (Å²) in [5, 5.41) is 3.09. The Labute approximate surface area is 127 Å². The van der Waals surface area contributed by atoms with Crippen LogP contribution in [0.15, 0.2) is 40.9 Å². The van der Waals surface area contributed by atoms with E-state index in [1.54, 1.807) is 0 Å². The molecule has 3 rings (SSSR count). The van der Waals surface area contributed by atoms with Crippen molar-refractivity contribution in [3.05, 3.63) is 52.0 Å². The summed E-state index contributed by atoms with van der Waals surface area (Å²) in [5.74, 6) is 1.84. The minimum atomic E-state index is 0.515. The summed E-state index contributed by atoms with van der Waals surface area (Å²) in [5.41, 5.74) is 3.41. The molecule has 0 fully saturated rings. The second-order valence-electron chi connectivity index (χ2n) is 4.71. The highest BCUT2D eigenvalue weighted by Crippen LogP contribution is 2.33. The maximum Gasteiger partial charge on any atom is 0.129 e. The van der Waals surface area contributed by atoms with E-state index in [9.17, 15) is 0 Å². The molecule has 104 valence electrons. The molecular weight excluding hydrogens is 318 g/mol. The molecular formula is C16H16BrNO2. The molecule has 0 aromatic heterocycles. The first kappa shape index (κ1) is 13.3. The topological polar surface area (TPSA) is 30.5 Å². The zero-order valence-corrected chi connectivity index (χ0v) is 12.9. The lowest BCUT2D eigenvalue weighted by Gasteiger charge is -2.11. The van der Waals surface area contributed by atoms with Crippen molar-refractivity contribution in [3.63, 3.8) is 0 Å². The van der Waals surface area contributed by atoms with Crippen LogP contribution in [-0.4, -0.2) is 13.7 Å². The number of nitrogens with one attached hydrogen (secondary N) is 1. The van der Waals surface area contributed by atoms with E-state index in [0.29, 0.717) is 6.61 Å². The Bertz CT molecular complexity index is 611. The number of hydrogen-bond acceptors (Lipinski definition) is 3. The number of rotatable bonds is 4. The minimum Gasteiger partial charge on any atom is -0.493 e. The van der Waals surface area contributed by atoms with Crippen molar-refractivity contribution in [1.29, 1.82) is 0 Å². The minimum absolute atomic E-state index is 0.515. The van der Waals surface area contributed by atoms with Gasteiger partial charge in [0.1, 0.15) is 18.1 Å². The van der Waals surface area contributed by atoms with Crippen LogP contribution < -0.4 is 14.8 Å². The zero-order chi connectivity index (χ0) is 13.9. The van der Waals surface area contributed by atoms with Crippen molar-refractivity contribution in [2.75, 3.05) is 19.0 Å². The highest BCUT2D eigenvalue weighted by Gasteiger charge is 2.17. The van der Waals surface area contributed by atoms with Gasteiger partial charge in [-0.05, 0) is 42.0 Å². The number of hydrogen-bond donors (Lipinski definition) is 1. The molecule has 2 aromatic carbocycles. The second-order valence-corrected chi connectivity index (χ2v) is 5.63. The van der Waals surface area contributed by atoms with Crippen LogP contribution in [-0.2, 0) is 13.0 Å². The van der Waals surface area contributed by atoms with Crippen molar-refractivity contribution in [2.45, 2.75) is 13.0 Å². The molecule has 1 N–H and O–H groups in total. The van der Waals surface area contributed by atoms with Crippen LogP contribution in [0.3, 0.4) is 0 Å². The first-order valence-electron chi connectivity index (χ1n) is 6.61. The average molecular weight is 334 g/mol. The first-order chi connectivity index (χ1) is 9.76. The van der Waals surface area contributed by atoms with Gasteiger partial charge in [-0.1, -0.05) is 15.9 Å². The van der Waals surface area contributed by atoms with Crippen LogP contribution in [0.25, 0.3) is 0 Å². The summed E-state index contributed by atoms with van der Waals surface area (Å²) >= 11 is 3.54. The highest BCUT2D eigenvalue weighted by molar-refractivity contribution is 9.10. The predicted molar refractivity (Wildman–Crippen MR) is 83.7 cm³/mol. The third-order valence-corrected chi connectivity index (χ3v) is 3.82. The van der Waals surface area contributed by atoms with Gasteiger partial charge in [-0.25, -0.2) is 0 Å². The molecule has 1 aliphatic heterocycles. The van der Waals surface area contributed by atoms with Crippen molar-refractivity contribution in [3.8, 4) is 11.5 Å². The monoisotopic (exact) mass is 333 g/mol. The molecule has 0 saturated heterocycles. The Morgan fingerprint density at radius 1 is 1.25 bits per heavy atom. The fourth-order valence-electron chi connectivity index (χ4n) is 2.33. The third-order valence-electron chi connectivity index (χ3n) is 3.36. The van der Waals surface area contributed by atoms with Gasteiger partial charge in [0.05, 0.1) is 6.61 Å². The fraction of sp³-hybridized carbons (Fsp3) is 0.250. The number of ether oxygens (including phenoxy) is 2. The van der Waals surface area contributed by atoms with E-state index < -0.39 is 0 Å². The van der Waals surface area contributed by atoms with Gasteiger partial charge in [0.2, 0.25) is 0 Å². The Hall–Kier alpha value is -1.68. The van der Waals surface area contributed by atoms with Gasteiger partial charge in [0.25, 0.3) is 0 Å². The lowest BCUT2D eigenvalue weighted by molar-refractivity contribution is 0.292. The average Bonchev–Trinajstić information content (AvgIpc) is 2.93. The van der Waals surface area contributed by atoms with Gasteiger partial charge in [0, 0.05) is 29.2 Å². The summed E-state index contributed by atoms with van der Waals surface area (Å²) < 4.78 is 12.6. The Balaban J connectivity index is 1.75. The molecule has 3 nitrogen and oxygen atoms in total. The lowest BCUT2D eigenvalue weighted by Crippen LogP contribution is -1.99. The van der Waals surface area contributed by atoms with E-state index in [1.165, 1.54) is 5.56 Å². The number of anilines is 1. The summed E-state index contributed by atoms with van der Waals surface area (Å²) in [6.45, 7) is 1.27. The van der Waals surface area contributed by atoms with Crippen LogP contribution in [0.2, 0.25) is 0 Å². The van der Waals surface area contributed by atoms with Crippen LogP contribution in [0.4, 0.5) is 5.69 Å². The Morgan fingerprint density at radius 2 is 2.05 bits per heavy atom. The molecule has 0 amide bonds. The predicted octanol–water partition coefficient (Wildman–Crippen LogP) is 4.00. The molecule has 0 bridgehead atoms. The quantitative estimate of drug-likeness (QED) is 0.917. The van der Waals surface area contributed by atoms with Crippen LogP contribution in [0.1, 0.15) is 11.1 Å². The van der Waals surface area contributed by atoms with Gasteiger partial charge in [-0.3, -0.25) is 0 Å². The zero-order valence-electron chi connectivity index (χ0n) is 11.3. The maximum atomic E-state index is 5.84. The molecule has 0 spiro atoms. The lowest BCUT2D eigenvalue weighted by atomic mass is 10.1. The Kier molecular flexibility index (Phi) is 3.83. The smallest absolute Gasteiger partial charge is 0.129 e. The summed E-state index contributed by atoms with van der Waals surface area (Å²) in [6.07, 6.45) is 0.971. The largest absolute Gasteiger partial charge is 0.493 e. The molecule has 20 heavy (non-hydrogen) atoms. The van der Waals surface area contributed by atoms with E-state index in [2.05, 4.69) is 33.4 Å². The maximum absolute atomic E-state index is 5.84. The van der Waals surface area contributed by atoms with Gasteiger partial charge in [0.15, 0.2) is 0 Å². The molecule has 2 aromatic rings. The van der Waals surface area contributed by atoms with Gasteiger partial charge in [-0.2, -0.15) is 0 Å². The Morgan fingerprint density at radius 3 is 2.80 bits per heavy atom. The molecule has 0 atom stereocenters. The normalized spacial score (nSPS) is 12.7. The molecule has 1 aliphatic rings. The van der Waals surface area contributed by atoms with Crippen LogP contribution in [0.5, 0.6) is 11.5 Å². The van der Waals surface area contributed by atoms with E-state index in [4.69, 9.17) is 9.47 Å². The van der Waals surface area contributed by atoms with E-state index in [1.807, 2.05) is 31.3 Å². The number of halogens is 1. The first-order valence-corrected chi connectivity index (χ1v) is 7.40. The van der Waals surface area contributed by atoms with Gasteiger partial charge < -0.3 is 14.8 Å². The van der Waals surface area contributed by atoms with E-state index >= 15 is 0 Å². The van der Waals surface area contributed by atoms with Crippen LogP contribution >= 0.6 is 15.9 Å². The number of fused-ring (bicyclic) bond motifs is 1. The van der Waals surface area contributed by atoms with Gasteiger partial charge in [-0.15, -0.1) is 0 Å². The third kappa shape index (κ3) is 2.75. The standard InChI is InChI=1S/C16H16BrNO2/c1-18-14-2-4-15(5-3-14)20-10-12-9-13(17)8-11-6-7-19-16(11)12/h2-5,8-9,18H,6-7,10H2,1H3. The van der Waals surface area contributed by atoms with Crippen LogP contribution in [0, 0.1) is 0 Å². The second kappa shape index (κ2) is 5.75. The van der Waals surface area contributed by atoms with Crippen molar-refractivity contribution < 1.29 is 9.47 Å². The highest BCUT2D eigenvalue weighted by atomic mass is 79.9. The van der Waals surface area contributed by atoms with Gasteiger partial charge >= 0.3 is 0 Å². The summed E-state index contributed by atoms with van der Waals surface area (Å²) in [7, 11) is 1.90. The summed E-state index contributed by atoms with van der Waals surface area (Å²) in [4.78, 5) is 0. The molecule has 0 radical (unpaired) electrons. The molecule has 0 saturated carbocycles. The van der Waals surface area contributed by atoms with Crippen molar-refractivity contribution >= 4 is 21.6 Å². The van der Waals surface area contributed by atoms with E-state index in [0.717, 1.165) is 40.3 Å². The SMILES string of the molecule is CNc1ccc(OCc2cc(Br)cc3c2OCC3)cc1. The van der Waals surface area contributed by atoms with E-state index in [-0.39, 0.29) is 0 Å².